The molecule has 0 radical (unpaired) electrons. The maximum Gasteiger partial charge on any atom is 0.270 e. The topological polar surface area (TPSA) is 118 Å². The third kappa shape index (κ3) is 5.46. The molecule has 0 spiro atoms. The Morgan fingerprint density at radius 1 is 1.00 bits per heavy atom. The molecule has 4 aromatic rings. The van der Waals surface area contributed by atoms with Crippen molar-refractivity contribution in [2.24, 2.45) is 5.73 Å². The van der Waals surface area contributed by atoms with Gasteiger partial charge in [-0.05, 0) is 47.2 Å². The number of hydrogen-bond donors (Lipinski definition) is 4. The number of nitrogens with zero attached hydrogens (tertiary/aromatic N) is 1. The molecule has 0 fully saturated rings. The molecule has 5 N–H and O–H groups in total. The molecule has 168 valence electrons. The van der Waals surface area contributed by atoms with Gasteiger partial charge >= 0.3 is 0 Å². The third-order valence-corrected chi connectivity index (χ3v) is 5.76. The number of aromatic nitrogens is 1. The molecule has 0 aliphatic carbocycles. The predicted molar refractivity (Wildman–Crippen MR) is 133 cm³/mol. The zero-order valence-electron chi connectivity index (χ0n) is 17.9. The quantitative estimate of drug-likeness (QED) is 0.274. The summed E-state index contributed by atoms with van der Waals surface area (Å²) in [5, 5.41) is 12.1. The number of rotatable bonds is 9. The Kier molecular flexibility index (Phi) is 6.82. The van der Waals surface area contributed by atoms with Crippen molar-refractivity contribution in [3.8, 4) is 0 Å². The summed E-state index contributed by atoms with van der Waals surface area (Å²) in [5.41, 5.74) is 7.64. The number of anilines is 4. The van der Waals surface area contributed by atoms with Crippen LogP contribution in [0.3, 0.4) is 0 Å². The number of benzene rings is 3. The summed E-state index contributed by atoms with van der Waals surface area (Å²) in [4.78, 5) is 28.9. The minimum absolute atomic E-state index is 0.00879. The zero-order valence-corrected chi connectivity index (χ0v) is 18.7. The molecule has 1 heterocycles. The van der Waals surface area contributed by atoms with Crippen LogP contribution in [0.1, 0.15) is 20.8 Å². The van der Waals surface area contributed by atoms with Gasteiger partial charge in [-0.2, -0.15) is 0 Å². The van der Waals surface area contributed by atoms with E-state index in [1.807, 2.05) is 42.5 Å². The molecule has 0 saturated heterocycles. The van der Waals surface area contributed by atoms with E-state index >= 15 is 0 Å². The second-order valence-corrected chi connectivity index (χ2v) is 8.20. The highest BCUT2D eigenvalue weighted by atomic mass is 32.1. The van der Waals surface area contributed by atoms with Gasteiger partial charge in [-0.25, -0.2) is 4.98 Å². The van der Waals surface area contributed by atoms with Crippen molar-refractivity contribution in [1.82, 2.24) is 4.98 Å². The number of primary amides is 1. The van der Waals surface area contributed by atoms with Gasteiger partial charge < -0.3 is 26.4 Å². The molecule has 3 aromatic carbocycles. The fourth-order valence-electron chi connectivity index (χ4n) is 3.23. The fraction of sp³-hybridized carbons (Fsp3) is 0.125. The number of carbonyl (C=O) groups is 2. The third-order valence-electron chi connectivity index (χ3n) is 4.87. The molecule has 0 saturated carbocycles. The van der Waals surface area contributed by atoms with Crippen LogP contribution in [0.4, 0.5) is 21.5 Å². The molecule has 33 heavy (non-hydrogen) atoms. The molecule has 2 amide bonds. The Hall–Kier alpha value is -3.95. The molecule has 8 nitrogen and oxygen atoms in total. The van der Waals surface area contributed by atoms with Gasteiger partial charge in [0.1, 0.15) is 5.00 Å². The molecule has 0 aliphatic heterocycles. The smallest absolute Gasteiger partial charge is 0.270 e. The van der Waals surface area contributed by atoms with E-state index in [4.69, 9.17) is 10.5 Å². The Morgan fingerprint density at radius 3 is 2.45 bits per heavy atom. The van der Waals surface area contributed by atoms with Gasteiger partial charge in [0, 0.05) is 30.6 Å². The van der Waals surface area contributed by atoms with Crippen molar-refractivity contribution in [2.75, 3.05) is 36.2 Å². The van der Waals surface area contributed by atoms with E-state index in [0.717, 1.165) is 33.5 Å². The number of nitrogens with one attached hydrogen (secondary N) is 3. The molecular formula is C24H23N5O3S. The van der Waals surface area contributed by atoms with Gasteiger partial charge in [0.2, 0.25) is 0 Å². The highest BCUT2D eigenvalue weighted by molar-refractivity contribution is 7.20. The lowest BCUT2D eigenvalue weighted by molar-refractivity contribution is 0.0997. The maximum absolute atomic E-state index is 12.7. The first-order chi connectivity index (χ1) is 16.0. The average molecular weight is 462 g/mol. The van der Waals surface area contributed by atoms with Gasteiger partial charge in [-0.15, -0.1) is 0 Å². The Bertz CT molecular complexity index is 1290. The van der Waals surface area contributed by atoms with Crippen LogP contribution in [-0.4, -0.2) is 37.1 Å². The molecule has 0 bridgehead atoms. The number of amides is 2. The lowest BCUT2D eigenvalue weighted by Gasteiger charge is -2.07. The summed E-state index contributed by atoms with van der Waals surface area (Å²) >= 11 is 1.15. The Morgan fingerprint density at radius 2 is 1.73 bits per heavy atom. The number of nitrogens with two attached hydrogens (primary N) is 1. The van der Waals surface area contributed by atoms with Crippen molar-refractivity contribution >= 4 is 55.4 Å². The van der Waals surface area contributed by atoms with Crippen molar-refractivity contribution in [1.29, 1.82) is 0 Å². The lowest BCUT2D eigenvalue weighted by atomic mass is 10.1. The number of methoxy groups -OCH3 is 1. The Balaban J connectivity index is 1.49. The van der Waals surface area contributed by atoms with Crippen LogP contribution in [0.15, 0.2) is 66.7 Å². The molecule has 0 unspecified atom stereocenters. The standard InChI is InChI=1S/C24H23N5O3S/c1-32-13-12-26-18-9-7-16(8-10-18)22(31)29-23-20(21(25)30)28-24(33-23)27-19-11-6-15-4-2-3-5-17(15)14-19/h2-11,14,26H,12-13H2,1H3,(H2,25,30)(H,27,28)(H,29,31). The predicted octanol–water partition coefficient (Wildman–Crippen LogP) is 4.45. The number of carbonyl (C=O) groups excluding carboxylic acids is 2. The summed E-state index contributed by atoms with van der Waals surface area (Å²) in [5.74, 6) is -1.08. The zero-order chi connectivity index (χ0) is 23.2. The van der Waals surface area contributed by atoms with Gasteiger partial charge in [-0.3, -0.25) is 9.59 Å². The van der Waals surface area contributed by atoms with Crippen molar-refractivity contribution in [3.05, 3.63) is 78.0 Å². The van der Waals surface area contributed by atoms with E-state index in [2.05, 4.69) is 20.9 Å². The number of fused-ring (bicyclic) bond motifs is 1. The van der Waals surface area contributed by atoms with Gasteiger partial charge in [0.15, 0.2) is 10.8 Å². The summed E-state index contributed by atoms with van der Waals surface area (Å²) in [6.07, 6.45) is 0. The molecule has 9 heteroatoms. The second kappa shape index (κ2) is 10.1. The van der Waals surface area contributed by atoms with Crippen molar-refractivity contribution in [2.45, 2.75) is 0 Å². The van der Waals surface area contributed by atoms with Crippen molar-refractivity contribution < 1.29 is 14.3 Å². The van der Waals surface area contributed by atoms with Crippen LogP contribution in [0.5, 0.6) is 0 Å². The molecule has 0 atom stereocenters. The summed E-state index contributed by atoms with van der Waals surface area (Å²) < 4.78 is 5.01. The number of hydrogen-bond acceptors (Lipinski definition) is 7. The summed E-state index contributed by atoms with van der Waals surface area (Å²) in [6.45, 7) is 1.25. The van der Waals surface area contributed by atoms with Crippen molar-refractivity contribution in [3.63, 3.8) is 0 Å². The van der Waals surface area contributed by atoms with Gasteiger partial charge in [0.25, 0.3) is 11.8 Å². The highest BCUT2D eigenvalue weighted by Crippen LogP contribution is 2.32. The van der Waals surface area contributed by atoms with E-state index in [0.29, 0.717) is 23.8 Å². The molecule has 1 aromatic heterocycles. The van der Waals surface area contributed by atoms with E-state index in [1.54, 1.807) is 31.4 Å². The molecule has 4 rings (SSSR count). The fourth-order valence-corrected chi connectivity index (χ4v) is 4.11. The van der Waals surface area contributed by atoms with Crippen LogP contribution < -0.4 is 21.7 Å². The largest absolute Gasteiger partial charge is 0.383 e. The van der Waals surface area contributed by atoms with E-state index in [1.165, 1.54) is 0 Å². The van der Waals surface area contributed by atoms with Crippen LogP contribution in [0.2, 0.25) is 0 Å². The number of thiazole rings is 1. The van der Waals surface area contributed by atoms with Crippen LogP contribution in [0, 0.1) is 0 Å². The van der Waals surface area contributed by atoms with Crippen LogP contribution >= 0.6 is 11.3 Å². The average Bonchev–Trinajstić information content (AvgIpc) is 3.22. The van der Waals surface area contributed by atoms with Gasteiger partial charge in [-0.1, -0.05) is 41.7 Å². The number of ether oxygens (including phenoxy) is 1. The first-order valence-corrected chi connectivity index (χ1v) is 11.1. The van der Waals surface area contributed by atoms with Gasteiger partial charge in [0.05, 0.1) is 6.61 Å². The van der Waals surface area contributed by atoms with E-state index in [9.17, 15) is 9.59 Å². The highest BCUT2D eigenvalue weighted by Gasteiger charge is 2.19. The SMILES string of the molecule is COCCNc1ccc(C(=O)Nc2sc(Nc3ccc4ccccc4c3)nc2C(N)=O)cc1. The minimum Gasteiger partial charge on any atom is -0.383 e. The van der Waals surface area contributed by atoms with E-state index in [-0.39, 0.29) is 16.6 Å². The second-order valence-electron chi connectivity index (χ2n) is 7.20. The monoisotopic (exact) mass is 461 g/mol. The van der Waals surface area contributed by atoms with E-state index < -0.39 is 5.91 Å². The summed E-state index contributed by atoms with van der Waals surface area (Å²) in [7, 11) is 1.64. The lowest BCUT2D eigenvalue weighted by Crippen LogP contribution is -2.17. The Labute approximate surface area is 194 Å². The summed E-state index contributed by atoms with van der Waals surface area (Å²) in [6, 6.07) is 20.9. The maximum atomic E-state index is 12.7. The van der Waals surface area contributed by atoms with Crippen LogP contribution in [0.25, 0.3) is 10.8 Å². The first-order valence-electron chi connectivity index (χ1n) is 10.2. The molecule has 0 aliphatic rings. The molecular weight excluding hydrogens is 438 g/mol. The normalized spacial score (nSPS) is 10.7. The minimum atomic E-state index is -0.717. The van der Waals surface area contributed by atoms with Crippen LogP contribution in [-0.2, 0) is 4.74 Å². The first kappa shape index (κ1) is 22.3.